The Morgan fingerprint density at radius 3 is 2.22 bits per heavy atom. The van der Waals surface area contributed by atoms with Crippen molar-refractivity contribution in [2.75, 3.05) is 44.7 Å². The highest BCUT2D eigenvalue weighted by Crippen LogP contribution is 2.34. The molecule has 1 fully saturated rings. The lowest BCUT2D eigenvalue weighted by atomic mass is 10.0. The van der Waals surface area contributed by atoms with E-state index in [-0.39, 0.29) is 29.7 Å². The van der Waals surface area contributed by atoms with Crippen LogP contribution >= 0.6 is 0 Å². The van der Waals surface area contributed by atoms with Crippen LogP contribution in [0.15, 0.2) is 77.7 Å². The summed E-state index contributed by atoms with van der Waals surface area (Å²) in [5.74, 6) is 0.296. The van der Waals surface area contributed by atoms with Crippen LogP contribution in [-0.4, -0.2) is 62.9 Å². The number of ether oxygens (including phenoxy) is 2. The fourth-order valence-electron chi connectivity index (χ4n) is 4.44. The summed E-state index contributed by atoms with van der Waals surface area (Å²) in [6.07, 6.45) is 0. The van der Waals surface area contributed by atoms with Crippen LogP contribution in [0, 0.1) is 5.82 Å². The molecule has 2 heterocycles. The summed E-state index contributed by atoms with van der Waals surface area (Å²) in [5, 5.41) is 2.86. The molecule has 0 unspecified atom stereocenters. The Morgan fingerprint density at radius 2 is 1.53 bits per heavy atom. The zero-order valence-electron chi connectivity index (χ0n) is 19.5. The molecule has 0 spiro atoms. The summed E-state index contributed by atoms with van der Waals surface area (Å²) >= 11 is 0. The quantitative estimate of drug-likeness (QED) is 0.547. The lowest BCUT2D eigenvalue weighted by Gasteiger charge is -2.38. The zero-order valence-corrected chi connectivity index (χ0v) is 20.3. The number of carbonyl (C=O) groups excluding carboxylic acids is 1. The van der Waals surface area contributed by atoms with Gasteiger partial charge in [-0.3, -0.25) is 9.69 Å². The van der Waals surface area contributed by atoms with Gasteiger partial charge in [-0.25, -0.2) is 12.8 Å². The van der Waals surface area contributed by atoms with Crippen LogP contribution < -0.4 is 14.8 Å². The Kier molecular flexibility index (Phi) is 6.90. The molecule has 3 aromatic carbocycles. The largest absolute Gasteiger partial charge is 0.486 e. The smallest absolute Gasteiger partial charge is 0.246 e. The normalized spacial score (nSPS) is 17.4. The van der Waals surface area contributed by atoms with E-state index in [1.165, 1.54) is 40.7 Å². The van der Waals surface area contributed by atoms with Crippen molar-refractivity contribution in [1.29, 1.82) is 0 Å². The fraction of sp³-hybridized carbons (Fsp3) is 0.269. The van der Waals surface area contributed by atoms with E-state index in [1.54, 1.807) is 6.07 Å². The van der Waals surface area contributed by atoms with Crippen molar-refractivity contribution >= 4 is 21.6 Å². The number of nitrogens with zero attached hydrogens (tertiary/aromatic N) is 2. The van der Waals surface area contributed by atoms with E-state index < -0.39 is 16.1 Å². The number of benzene rings is 3. The zero-order chi connectivity index (χ0) is 25.1. The average Bonchev–Trinajstić information content (AvgIpc) is 2.91. The van der Waals surface area contributed by atoms with Crippen LogP contribution in [0.2, 0.25) is 0 Å². The standard InChI is InChI=1S/C26H26FN3O5S/c27-20-6-8-21(9-7-20)28-26(31)25(19-4-2-1-3-5-19)29-12-14-30(15-13-29)36(32,33)22-10-11-23-24(18-22)35-17-16-34-23/h1-11,18,25H,12-17H2,(H,28,31)/t25-/m0/s1. The van der Waals surface area contributed by atoms with E-state index in [4.69, 9.17) is 9.47 Å². The predicted octanol–water partition coefficient (Wildman–Crippen LogP) is 3.28. The molecule has 1 saturated heterocycles. The first kappa shape index (κ1) is 24.2. The fourth-order valence-corrected chi connectivity index (χ4v) is 5.88. The Hall–Kier alpha value is -3.47. The minimum atomic E-state index is -3.75. The van der Waals surface area contributed by atoms with Crippen molar-refractivity contribution in [3.05, 3.63) is 84.2 Å². The molecule has 10 heteroatoms. The molecule has 2 aliphatic heterocycles. The summed E-state index contributed by atoms with van der Waals surface area (Å²) in [4.78, 5) is 15.4. The SMILES string of the molecule is O=C(Nc1ccc(F)cc1)[C@H](c1ccccc1)N1CCN(S(=O)(=O)c2ccc3c(c2)OCCO3)CC1. The van der Waals surface area contributed by atoms with Gasteiger partial charge in [-0.05, 0) is 42.0 Å². The number of fused-ring (bicyclic) bond motifs is 1. The second-order valence-electron chi connectivity index (χ2n) is 8.55. The van der Waals surface area contributed by atoms with Crippen molar-refractivity contribution in [3.63, 3.8) is 0 Å². The maximum Gasteiger partial charge on any atom is 0.246 e. The average molecular weight is 512 g/mol. The molecule has 188 valence electrons. The second-order valence-corrected chi connectivity index (χ2v) is 10.5. The van der Waals surface area contributed by atoms with Crippen LogP contribution in [0.4, 0.5) is 10.1 Å². The van der Waals surface area contributed by atoms with E-state index >= 15 is 0 Å². The predicted molar refractivity (Wildman–Crippen MR) is 132 cm³/mol. The number of amides is 1. The van der Waals surface area contributed by atoms with Gasteiger partial charge in [0.1, 0.15) is 25.1 Å². The lowest BCUT2D eigenvalue weighted by Crippen LogP contribution is -2.51. The first-order valence-corrected chi connectivity index (χ1v) is 13.1. The lowest BCUT2D eigenvalue weighted by molar-refractivity contribution is -0.122. The number of carbonyl (C=O) groups is 1. The van der Waals surface area contributed by atoms with E-state index in [0.717, 1.165) is 5.56 Å². The van der Waals surface area contributed by atoms with Gasteiger partial charge in [0, 0.05) is 37.9 Å². The van der Waals surface area contributed by atoms with E-state index in [1.807, 2.05) is 35.2 Å². The Bertz CT molecular complexity index is 1330. The topological polar surface area (TPSA) is 88.2 Å². The van der Waals surface area contributed by atoms with Crippen LogP contribution in [0.1, 0.15) is 11.6 Å². The molecule has 3 aromatic rings. The second kappa shape index (κ2) is 10.3. The number of rotatable bonds is 6. The maximum absolute atomic E-state index is 13.3. The summed E-state index contributed by atoms with van der Waals surface area (Å²) in [6.45, 7) is 1.97. The minimum absolute atomic E-state index is 0.147. The van der Waals surface area contributed by atoms with Gasteiger partial charge in [0.25, 0.3) is 0 Å². The summed E-state index contributed by atoms with van der Waals surface area (Å²) in [5.41, 5.74) is 1.28. The Labute approximate surface area is 209 Å². The van der Waals surface area contributed by atoms with Gasteiger partial charge in [0.15, 0.2) is 11.5 Å². The Morgan fingerprint density at radius 1 is 0.861 bits per heavy atom. The van der Waals surface area contributed by atoms with E-state index in [9.17, 15) is 17.6 Å². The summed E-state index contributed by atoms with van der Waals surface area (Å²) in [6, 6.07) is 18.9. The highest BCUT2D eigenvalue weighted by Gasteiger charge is 2.35. The maximum atomic E-state index is 13.3. The monoisotopic (exact) mass is 511 g/mol. The molecule has 0 saturated carbocycles. The van der Waals surface area contributed by atoms with Crippen molar-refractivity contribution in [2.24, 2.45) is 0 Å². The van der Waals surface area contributed by atoms with Gasteiger partial charge < -0.3 is 14.8 Å². The first-order valence-electron chi connectivity index (χ1n) is 11.7. The van der Waals surface area contributed by atoms with Crippen molar-refractivity contribution < 1.29 is 27.1 Å². The van der Waals surface area contributed by atoms with Crippen LogP contribution in [-0.2, 0) is 14.8 Å². The number of halogens is 1. The van der Waals surface area contributed by atoms with Crippen molar-refractivity contribution in [2.45, 2.75) is 10.9 Å². The van der Waals surface area contributed by atoms with Gasteiger partial charge in [-0.2, -0.15) is 4.31 Å². The molecule has 36 heavy (non-hydrogen) atoms. The van der Waals surface area contributed by atoms with E-state index in [0.29, 0.717) is 43.5 Å². The molecule has 1 atom stereocenters. The van der Waals surface area contributed by atoms with Gasteiger partial charge >= 0.3 is 0 Å². The Balaban J connectivity index is 1.32. The number of sulfonamides is 1. The van der Waals surface area contributed by atoms with Crippen molar-refractivity contribution in [1.82, 2.24) is 9.21 Å². The van der Waals surface area contributed by atoms with Gasteiger partial charge in [-0.15, -0.1) is 0 Å². The minimum Gasteiger partial charge on any atom is -0.486 e. The molecule has 0 aliphatic carbocycles. The molecule has 1 amide bonds. The first-order chi connectivity index (χ1) is 17.4. The highest BCUT2D eigenvalue weighted by atomic mass is 32.2. The number of hydrogen-bond acceptors (Lipinski definition) is 6. The van der Waals surface area contributed by atoms with Crippen LogP contribution in [0.5, 0.6) is 11.5 Å². The highest BCUT2D eigenvalue weighted by molar-refractivity contribution is 7.89. The molecule has 0 aromatic heterocycles. The van der Waals surface area contributed by atoms with Crippen LogP contribution in [0.25, 0.3) is 0 Å². The molecular formula is C26H26FN3O5S. The number of anilines is 1. The third-order valence-corrected chi connectivity index (χ3v) is 8.16. The third-order valence-electron chi connectivity index (χ3n) is 6.27. The third kappa shape index (κ3) is 5.06. The molecule has 2 aliphatic rings. The van der Waals surface area contributed by atoms with Gasteiger partial charge in [-0.1, -0.05) is 30.3 Å². The number of nitrogens with one attached hydrogen (secondary N) is 1. The molecule has 5 rings (SSSR count). The molecule has 1 N–H and O–H groups in total. The molecule has 0 bridgehead atoms. The van der Waals surface area contributed by atoms with Crippen LogP contribution in [0.3, 0.4) is 0 Å². The molecular weight excluding hydrogens is 485 g/mol. The van der Waals surface area contributed by atoms with E-state index in [2.05, 4.69) is 5.32 Å². The summed E-state index contributed by atoms with van der Waals surface area (Å²) in [7, 11) is -3.75. The molecule has 0 radical (unpaired) electrons. The van der Waals surface area contributed by atoms with Gasteiger partial charge in [0.05, 0.1) is 4.90 Å². The van der Waals surface area contributed by atoms with Gasteiger partial charge in [0.2, 0.25) is 15.9 Å². The number of hydrogen-bond donors (Lipinski definition) is 1. The summed E-state index contributed by atoms with van der Waals surface area (Å²) < 4.78 is 52.4. The molecule has 8 nitrogen and oxygen atoms in total. The van der Waals surface area contributed by atoms with Crippen molar-refractivity contribution in [3.8, 4) is 11.5 Å². The number of piperazine rings is 1.